The number of aryl methyl sites for hydroxylation is 1. The van der Waals surface area contributed by atoms with E-state index in [0.29, 0.717) is 5.82 Å². The minimum atomic E-state index is 0.717. The Morgan fingerprint density at radius 1 is 0.477 bits per heavy atom. The Kier molecular flexibility index (Phi) is 6.23. The van der Waals surface area contributed by atoms with Crippen LogP contribution in [0.25, 0.3) is 77.7 Å². The summed E-state index contributed by atoms with van der Waals surface area (Å²) in [7, 11) is 2.10. The Balaban J connectivity index is 1.16. The van der Waals surface area contributed by atoms with E-state index in [1.54, 1.807) is 0 Å². The van der Waals surface area contributed by atoms with Crippen LogP contribution in [0.1, 0.15) is 5.69 Å². The fourth-order valence-electron chi connectivity index (χ4n) is 5.83. The van der Waals surface area contributed by atoms with Crippen LogP contribution in [0.4, 0.5) is 0 Å². The van der Waals surface area contributed by atoms with Crippen LogP contribution >= 0.6 is 0 Å². The van der Waals surface area contributed by atoms with Crippen molar-refractivity contribution in [1.82, 2.24) is 19.9 Å². The molecule has 3 aromatic heterocycles. The molecule has 0 aliphatic rings. The van der Waals surface area contributed by atoms with Gasteiger partial charge in [-0.25, -0.2) is 15.0 Å². The topological polar surface area (TPSA) is 51.6 Å². The lowest BCUT2D eigenvalue weighted by Gasteiger charge is -2.11. The van der Waals surface area contributed by atoms with Crippen LogP contribution in [0, 0.1) is 6.92 Å². The standard InChI is InChI=1S/C39H27BN4/c1-24-9-10-28-15-16-29-19-22-34(42-38(29)37(28)41-24)26-13-11-25(12-14-26)30-5-4-6-31(23-30)39-43-35-8-3-2-7-33(35)36(44-39)27-17-20-32(40)21-18-27/h2-23H,40H2,1H3. The number of aromatic nitrogens is 4. The second-order valence-corrected chi connectivity index (χ2v) is 11.3. The first kappa shape index (κ1) is 26.0. The minimum absolute atomic E-state index is 0.717. The molecule has 8 aromatic rings. The Labute approximate surface area is 256 Å². The Hall–Kier alpha value is -5.68. The molecule has 0 aliphatic carbocycles. The molecule has 3 heterocycles. The summed E-state index contributed by atoms with van der Waals surface area (Å²) in [5.41, 5.74) is 12.3. The van der Waals surface area contributed by atoms with E-state index in [-0.39, 0.29) is 0 Å². The number of para-hydroxylation sites is 1. The molecule has 0 unspecified atom stereocenters. The molecule has 5 aromatic carbocycles. The van der Waals surface area contributed by atoms with Crippen LogP contribution < -0.4 is 5.46 Å². The normalized spacial score (nSPS) is 11.4. The molecule has 0 amide bonds. The van der Waals surface area contributed by atoms with Gasteiger partial charge in [0.25, 0.3) is 0 Å². The maximum atomic E-state index is 5.09. The van der Waals surface area contributed by atoms with E-state index in [4.69, 9.17) is 19.9 Å². The lowest BCUT2D eigenvalue weighted by atomic mass is 9.94. The van der Waals surface area contributed by atoms with Crippen molar-refractivity contribution >= 4 is 46.0 Å². The molecule has 0 radical (unpaired) electrons. The second-order valence-electron chi connectivity index (χ2n) is 11.3. The summed E-state index contributed by atoms with van der Waals surface area (Å²) in [4.78, 5) is 19.9. The third-order valence-corrected chi connectivity index (χ3v) is 8.22. The van der Waals surface area contributed by atoms with Crippen LogP contribution in [-0.2, 0) is 0 Å². The number of rotatable bonds is 4. The molecular weight excluding hydrogens is 535 g/mol. The fraction of sp³-hybridized carbons (Fsp3) is 0.0256. The minimum Gasteiger partial charge on any atom is -0.251 e. The van der Waals surface area contributed by atoms with Crippen molar-refractivity contribution in [1.29, 1.82) is 0 Å². The molecule has 8 rings (SSSR count). The third kappa shape index (κ3) is 4.69. The highest BCUT2D eigenvalue weighted by Crippen LogP contribution is 2.32. The molecule has 206 valence electrons. The van der Waals surface area contributed by atoms with Gasteiger partial charge in [0.1, 0.15) is 7.85 Å². The molecule has 0 saturated heterocycles. The molecular formula is C39H27BN4. The lowest BCUT2D eigenvalue weighted by molar-refractivity contribution is 1.23. The Morgan fingerprint density at radius 3 is 1.95 bits per heavy atom. The summed E-state index contributed by atoms with van der Waals surface area (Å²) in [5, 5.41) is 3.24. The molecule has 0 spiro atoms. The van der Waals surface area contributed by atoms with Crippen molar-refractivity contribution < 1.29 is 0 Å². The number of fused-ring (bicyclic) bond motifs is 4. The monoisotopic (exact) mass is 562 g/mol. The number of nitrogens with zero attached hydrogens (tertiary/aromatic N) is 4. The van der Waals surface area contributed by atoms with Crippen LogP contribution in [-0.4, -0.2) is 27.8 Å². The van der Waals surface area contributed by atoms with E-state index in [2.05, 4.69) is 123 Å². The smallest absolute Gasteiger partial charge is 0.160 e. The summed E-state index contributed by atoms with van der Waals surface area (Å²) < 4.78 is 0. The average Bonchev–Trinajstić information content (AvgIpc) is 3.08. The van der Waals surface area contributed by atoms with Gasteiger partial charge in [-0.3, -0.25) is 4.98 Å². The highest BCUT2D eigenvalue weighted by atomic mass is 14.9. The quantitative estimate of drug-likeness (QED) is 0.161. The Bertz CT molecular complexity index is 2350. The van der Waals surface area contributed by atoms with Crippen molar-refractivity contribution in [3.05, 3.63) is 139 Å². The zero-order chi connectivity index (χ0) is 29.6. The number of hydrogen-bond acceptors (Lipinski definition) is 4. The zero-order valence-corrected chi connectivity index (χ0v) is 24.5. The summed E-state index contributed by atoms with van der Waals surface area (Å²) in [6.45, 7) is 2.02. The molecule has 4 nitrogen and oxygen atoms in total. The summed E-state index contributed by atoms with van der Waals surface area (Å²) in [6.07, 6.45) is 0. The van der Waals surface area contributed by atoms with E-state index in [1.165, 1.54) is 5.46 Å². The van der Waals surface area contributed by atoms with Crippen molar-refractivity contribution in [2.45, 2.75) is 6.92 Å². The molecule has 44 heavy (non-hydrogen) atoms. The van der Waals surface area contributed by atoms with Crippen molar-refractivity contribution in [3.63, 3.8) is 0 Å². The van der Waals surface area contributed by atoms with Crippen LogP contribution in [0.3, 0.4) is 0 Å². The highest BCUT2D eigenvalue weighted by molar-refractivity contribution is 6.32. The molecule has 0 fully saturated rings. The van der Waals surface area contributed by atoms with Crippen LogP contribution in [0.5, 0.6) is 0 Å². The van der Waals surface area contributed by atoms with E-state index >= 15 is 0 Å². The van der Waals surface area contributed by atoms with E-state index in [0.717, 1.165) is 77.6 Å². The van der Waals surface area contributed by atoms with Gasteiger partial charge in [-0.15, -0.1) is 0 Å². The Morgan fingerprint density at radius 2 is 1.14 bits per heavy atom. The molecule has 0 aliphatic heterocycles. The van der Waals surface area contributed by atoms with Crippen molar-refractivity contribution in [2.24, 2.45) is 0 Å². The van der Waals surface area contributed by atoms with Gasteiger partial charge >= 0.3 is 0 Å². The van der Waals surface area contributed by atoms with Gasteiger partial charge in [0.15, 0.2) is 5.82 Å². The first-order valence-electron chi connectivity index (χ1n) is 14.8. The van der Waals surface area contributed by atoms with E-state index < -0.39 is 0 Å². The fourth-order valence-corrected chi connectivity index (χ4v) is 5.83. The summed E-state index contributed by atoms with van der Waals surface area (Å²) in [6, 6.07) is 46.4. The first-order valence-corrected chi connectivity index (χ1v) is 14.8. The first-order chi connectivity index (χ1) is 21.6. The number of benzene rings is 5. The summed E-state index contributed by atoms with van der Waals surface area (Å²) in [5.74, 6) is 0.717. The van der Waals surface area contributed by atoms with Crippen molar-refractivity contribution in [3.8, 4) is 45.0 Å². The van der Waals surface area contributed by atoms with Gasteiger partial charge in [-0.1, -0.05) is 115 Å². The second kappa shape index (κ2) is 10.5. The molecule has 0 N–H and O–H groups in total. The maximum Gasteiger partial charge on any atom is 0.160 e. The van der Waals surface area contributed by atoms with Gasteiger partial charge < -0.3 is 0 Å². The van der Waals surface area contributed by atoms with Crippen molar-refractivity contribution in [2.75, 3.05) is 0 Å². The number of hydrogen-bond donors (Lipinski definition) is 0. The molecule has 0 saturated carbocycles. The highest BCUT2D eigenvalue weighted by Gasteiger charge is 2.13. The predicted octanol–water partition coefficient (Wildman–Crippen LogP) is 7.96. The van der Waals surface area contributed by atoms with Gasteiger partial charge in [-0.05, 0) is 42.3 Å². The number of pyridine rings is 2. The van der Waals surface area contributed by atoms with Crippen LogP contribution in [0.2, 0.25) is 0 Å². The van der Waals surface area contributed by atoms with Gasteiger partial charge in [-0.2, -0.15) is 0 Å². The average molecular weight is 562 g/mol. The van der Waals surface area contributed by atoms with E-state index in [9.17, 15) is 0 Å². The lowest BCUT2D eigenvalue weighted by Crippen LogP contribution is -2.00. The molecule has 0 atom stereocenters. The predicted molar refractivity (Wildman–Crippen MR) is 185 cm³/mol. The molecule has 0 bridgehead atoms. The van der Waals surface area contributed by atoms with E-state index in [1.807, 2.05) is 25.1 Å². The zero-order valence-electron chi connectivity index (χ0n) is 24.5. The summed E-state index contributed by atoms with van der Waals surface area (Å²) >= 11 is 0. The van der Waals surface area contributed by atoms with Gasteiger partial charge in [0.2, 0.25) is 0 Å². The van der Waals surface area contributed by atoms with Gasteiger partial charge in [0.05, 0.1) is 27.9 Å². The van der Waals surface area contributed by atoms with Crippen LogP contribution in [0.15, 0.2) is 133 Å². The largest absolute Gasteiger partial charge is 0.251 e. The third-order valence-electron chi connectivity index (χ3n) is 8.22. The SMILES string of the molecule is Bc1ccc(-c2nc(-c3cccc(-c4ccc(-c5ccc6ccc7ccc(C)nc7c6n5)cc4)c3)nc3ccccc23)cc1. The molecule has 5 heteroatoms. The maximum absolute atomic E-state index is 5.09. The van der Waals surface area contributed by atoms with Gasteiger partial charge in [0, 0.05) is 38.5 Å².